The van der Waals surface area contributed by atoms with Crippen LogP contribution in [0.4, 0.5) is 5.69 Å². The summed E-state index contributed by atoms with van der Waals surface area (Å²) >= 11 is 1.46. The van der Waals surface area contributed by atoms with Crippen LogP contribution in [0.3, 0.4) is 0 Å². The number of hydrogen-bond donors (Lipinski definition) is 2. The molecule has 3 atom stereocenters. The Hall–Kier alpha value is -2.91. The van der Waals surface area contributed by atoms with E-state index in [-0.39, 0.29) is 24.7 Å². The second-order valence-corrected chi connectivity index (χ2v) is 13.7. The van der Waals surface area contributed by atoms with Gasteiger partial charge in [-0.05, 0) is 35.7 Å². The molecule has 1 aliphatic heterocycles. The molecule has 0 spiro atoms. The zero-order valence-electron chi connectivity index (χ0n) is 28.1. The third-order valence-electron chi connectivity index (χ3n) is 8.77. The molecular formula is C39H54N2O5S. The van der Waals surface area contributed by atoms with E-state index in [1.807, 2.05) is 60.7 Å². The lowest BCUT2D eigenvalue weighted by Crippen LogP contribution is -2.32. The number of nitrogens with zero attached hydrogens (tertiary/aromatic N) is 1. The van der Waals surface area contributed by atoms with Crippen molar-refractivity contribution in [1.82, 2.24) is 0 Å². The predicted molar refractivity (Wildman–Crippen MR) is 190 cm³/mol. The number of pyridine rings is 1. The lowest BCUT2D eigenvalue weighted by molar-refractivity contribution is -0.645. The maximum Gasteiger partial charge on any atom is 0.251 e. The molecule has 8 heteroatoms. The normalized spacial score (nSPS) is 17.9. The zero-order valence-corrected chi connectivity index (χ0v) is 28.9. The lowest BCUT2D eigenvalue weighted by Gasteiger charge is -2.36. The number of rotatable bonds is 21. The van der Waals surface area contributed by atoms with Crippen molar-refractivity contribution in [2.45, 2.75) is 133 Å². The molecule has 4 rings (SSSR count). The molecule has 1 saturated heterocycles. The number of anilines is 1. The van der Waals surface area contributed by atoms with Crippen molar-refractivity contribution in [2.24, 2.45) is 0 Å². The minimum absolute atomic E-state index is 0.0130. The lowest BCUT2D eigenvalue weighted by atomic mass is 10.0. The standard InChI is InChI=1S/C39H54N2O5S/c1-2-3-4-5-6-7-8-9-10-11-12-13-14-20-37(43)40-34-19-17-18-33(27-34)39-45-35(30-47-38-21-15-16-26-41(38)44)28-36(46-39)32-24-22-31(29-42)23-25-32/h15-19,21-27,35-36,39,42H,2-14,20,28-30H2,1H3,(H,40,43)/t35-,36+,39?/m0/s1. The summed E-state index contributed by atoms with van der Waals surface area (Å²) in [6.45, 7) is 2.25. The van der Waals surface area contributed by atoms with Crippen LogP contribution >= 0.6 is 11.8 Å². The second kappa shape index (κ2) is 21.1. The first kappa shape index (κ1) is 36.9. The highest BCUT2D eigenvalue weighted by atomic mass is 32.2. The van der Waals surface area contributed by atoms with Gasteiger partial charge in [0.15, 0.2) is 12.5 Å². The van der Waals surface area contributed by atoms with E-state index >= 15 is 0 Å². The van der Waals surface area contributed by atoms with Crippen LogP contribution in [0.5, 0.6) is 0 Å². The molecule has 0 aliphatic carbocycles. The van der Waals surface area contributed by atoms with Crippen molar-refractivity contribution >= 4 is 23.4 Å². The molecule has 2 heterocycles. The summed E-state index contributed by atoms with van der Waals surface area (Å²) in [5.74, 6) is 0.619. The second-order valence-electron chi connectivity index (χ2n) is 12.7. The van der Waals surface area contributed by atoms with Crippen LogP contribution in [0.15, 0.2) is 78.0 Å². The Morgan fingerprint density at radius 3 is 2.19 bits per heavy atom. The minimum atomic E-state index is -0.634. The van der Waals surface area contributed by atoms with Gasteiger partial charge >= 0.3 is 0 Å². The van der Waals surface area contributed by atoms with Gasteiger partial charge in [-0.1, -0.05) is 132 Å². The van der Waals surface area contributed by atoms with Crippen LogP contribution in [0.25, 0.3) is 0 Å². The van der Waals surface area contributed by atoms with E-state index in [2.05, 4.69) is 12.2 Å². The molecule has 0 saturated carbocycles. The zero-order chi connectivity index (χ0) is 33.1. The monoisotopic (exact) mass is 662 g/mol. The number of unbranched alkanes of at least 4 members (excludes halogenated alkanes) is 12. The summed E-state index contributed by atoms with van der Waals surface area (Å²) in [6.07, 6.45) is 18.3. The molecule has 2 aromatic carbocycles. The molecule has 2 N–H and O–H groups in total. The molecule has 1 amide bonds. The number of amides is 1. The van der Waals surface area contributed by atoms with Crippen molar-refractivity contribution in [2.75, 3.05) is 11.1 Å². The number of aliphatic hydroxyl groups is 1. The molecule has 3 aromatic rings. The molecule has 0 radical (unpaired) electrons. The quantitative estimate of drug-likeness (QED) is 0.0511. The number of hydrogen-bond acceptors (Lipinski definition) is 6. The van der Waals surface area contributed by atoms with Gasteiger partial charge in [0.1, 0.15) is 0 Å². The number of thioether (sulfide) groups is 1. The van der Waals surface area contributed by atoms with Crippen LogP contribution in [-0.2, 0) is 20.9 Å². The minimum Gasteiger partial charge on any atom is -0.618 e. The van der Waals surface area contributed by atoms with Gasteiger partial charge in [0.05, 0.1) is 18.8 Å². The first-order valence-corrected chi connectivity index (χ1v) is 18.8. The van der Waals surface area contributed by atoms with E-state index in [1.165, 1.54) is 88.6 Å². The summed E-state index contributed by atoms with van der Waals surface area (Å²) in [7, 11) is 0. The fourth-order valence-electron chi connectivity index (χ4n) is 6.02. The summed E-state index contributed by atoms with van der Waals surface area (Å²) in [6, 6.07) is 20.9. The highest BCUT2D eigenvalue weighted by Gasteiger charge is 2.33. The third-order valence-corrected chi connectivity index (χ3v) is 9.92. The number of aromatic nitrogens is 1. The van der Waals surface area contributed by atoms with E-state index < -0.39 is 6.29 Å². The van der Waals surface area contributed by atoms with Gasteiger partial charge < -0.3 is 25.1 Å². The maximum absolute atomic E-state index is 12.8. The summed E-state index contributed by atoms with van der Waals surface area (Å²) in [5, 5.41) is 25.4. The summed E-state index contributed by atoms with van der Waals surface area (Å²) in [5.41, 5.74) is 3.41. The van der Waals surface area contributed by atoms with E-state index in [0.29, 0.717) is 23.6 Å². The van der Waals surface area contributed by atoms with E-state index in [1.54, 1.807) is 6.07 Å². The first-order valence-electron chi connectivity index (χ1n) is 17.8. The number of benzene rings is 2. The number of carbonyl (C=O) groups is 1. The number of aliphatic hydroxyl groups excluding tert-OH is 1. The van der Waals surface area contributed by atoms with Crippen molar-refractivity contribution in [1.29, 1.82) is 0 Å². The molecular weight excluding hydrogens is 609 g/mol. The van der Waals surface area contributed by atoms with Crippen LogP contribution in [0, 0.1) is 5.21 Å². The van der Waals surface area contributed by atoms with Crippen LogP contribution in [-0.4, -0.2) is 22.9 Å². The molecule has 47 heavy (non-hydrogen) atoms. The van der Waals surface area contributed by atoms with Crippen LogP contribution < -0.4 is 10.0 Å². The molecule has 1 unspecified atom stereocenters. The SMILES string of the molecule is CCCCCCCCCCCCCCCC(=O)Nc1cccc(C2O[C@H](CSc3cccc[n+]3[O-])C[C@H](c3ccc(CO)cc3)O2)c1. The van der Waals surface area contributed by atoms with Gasteiger partial charge in [-0.25, -0.2) is 0 Å². The molecule has 1 fully saturated rings. The Bertz CT molecular complexity index is 1320. The van der Waals surface area contributed by atoms with Crippen molar-refractivity contribution in [3.05, 3.63) is 94.8 Å². The topological polar surface area (TPSA) is 94.7 Å². The van der Waals surface area contributed by atoms with Gasteiger partial charge in [-0.2, -0.15) is 4.73 Å². The average Bonchev–Trinajstić information content (AvgIpc) is 3.10. The Labute approximate surface area is 286 Å². The van der Waals surface area contributed by atoms with Gasteiger partial charge in [0.25, 0.3) is 5.03 Å². The first-order chi connectivity index (χ1) is 23.1. The Kier molecular flexibility index (Phi) is 16.6. The van der Waals surface area contributed by atoms with Crippen LogP contribution in [0.1, 0.15) is 132 Å². The largest absolute Gasteiger partial charge is 0.618 e. The number of ether oxygens (including phenoxy) is 2. The molecule has 256 valence electrons. The summed E-state index contributed by atoms with van der Waals surface area (Å²) in [4.78, 5) is 12.8. The van der Waals surface area contributed by atoms with Crippen molar-refractivity contribution in [3.8, 4) is 0 Å². The van der Waals surface area contributed by atoms with Gasteiger partial charge in [0, 0.05) is 42.0 Å². The molecule has 1 aliphatic rings. The average molecular weight is 663 g/mol. The van der Waals surface area contributed by atoms with Crippen LogP contribution in [0.2, 0.25) is 0 Å². The fraction of sp³-hybridized carbons (Fsp3) is 0.538. The van der Waals surface area contributed by atoms with Gasteiger partial charge in [0.2, 0.25) is 5.91 Å². The third kappa shape index (κ3) is 13.3. The Morgan fingerprint density at radius 1 is 0.851 bits per heavy atom. The van der Waals surface area contributed by atoms with Gasteiger partial charge in [-0.15, -0.1) is 0 Å². The molecule has 7 nitrogen and oxygen atoms in total. The fourth-order valence-corrected chi connectivity index (χ4v) is 6.95. The highest BCUT2D eigenvalue weighted by molar-refractivity contribution is 7.99. The molecule has 0 bridgehead atoms. The van der Waals surface area contributed by atoms with E-state index in [0.717, 1.165) is 39.9 Å². The predicted octanol–water partition coefficient (Wildman–Crippen LogP) is 9.57. The van der Waals surface area contributed by atoms with Crippen molar-refractivity contribution < 1.29 is 24.1 Å². The number of carbonyl (C=O) groups excluding carboxylic acids is 1. The van der Waals surface area contributed by atoms with Crippen molar-refractivity contribution in [3.63, 3.8) is 0 Å². The Balaban J connectivity index is 1.24. The Morgan fingerprint density at radius 2 is 1.53 bits per heavy atom. The maximum atomic E-state index is 12.8. The van der Waals surface area contributed by atoms with E-state index in [9.17, 15) is 15.1 Å². The molecule has 1 aromatic heterocycles. The van der Waals surface area contributed by atoms with E-state index in [4.69, 9.17) is 9.47 Å². The van der Waals surface area contributed by atoms with Gasteiger partial charge in [-0.3, -0.25) is 4.79 Å². The highest BCUT2D eigenvalue weighted by Crippen LogP contribution is 2.39. The number of nitrogens with one attached hydrogen (secondary N) is 1. The summed E-state index contributed by atoms with van der Waals surface area (Å²) < 4.78 is 13.8. The smallest absolute Gasteiger partial charge is 0.251 e.